The van der Waals surface area contributed by atoms with E-state index in [4.69, 9.17) is 14.4 Å². The Labute approximate surface area is 395 Å². The van der Waals surface area contributed by atoms with Crippen molar-refractivity contribution in [2.24, 2.45) is 0 Å². The molecule has 0 saturated heterocycles. The Balaban J connectivity index is 1.34. The summed E-state index contributed by atoms with van der Waals surface area (Å²) in [6.07, 6.45) is 1.92. The van der Waals surface area contributed by atoms with Crippen molar-refractivity contribution in [3.63, 3.8) is 0 Å². The molecule has 0 atom stereocenters. The number of benzene rings is 7. The van der Waals surface area contributed by atoms with Gasteiger partial charge in [-0.2, -0.15) is 0 Å². The number of phenols is 1. The van der Waals surface area contributed by atoms with E-state index in [0.29, 0.717) is 11.4 Å². The molecule has 336 valence electrons. The summed E-state index contributed by atoms with van der Waals surface area (Å²) in [4.78, 5) is 10.8. The van der Waals surface area contributed by atoms with Gasteiger partial charge >= 0.3 is 0 Å². The third kappa shape index (κ3) is 7.68. The number of furan rings is 1. The number of rotatable bonds is 5. The molecule has 3 aromatic heterocycles. The summed E-state index contributed by atoms with van der Waals surface area (Å²) >= 11 is 0. The standard InChI is InChI=1S/C62H61N3O2/c1-59(2,3)40-26-28-52(46(33-40)37-19-14-13-15-20-37)65-53-24-18-23-43(54(53)64-58(65)49-34-42(61(7,8)9)35-50(55(49)66)62(10,11)12)39-31-47-45-27-25-38-21-16-17-22-44(38)56(45)67-57(47)48(32-39)51-36-41(29-30-63-51)60(4,5)6/h13-36,66H,1-12H3. The predicted octanol–water partition coefficient (Wildman–Crippen LogP) is 17.0. The van der Waals surface area contributed by atoms with E-state index >= 15 is 0 Å². The van der Waals surface area contributed by atoms with E-state index in [1.807, 2.05) is 6.20 Å². The van der Waals surface area contributed by atoms with Crippen molar-refractivity contribution in [1.82, 2.24) is 14.5 Å². The number of pyridine rings is 1. The molecule has 5 nitrogen and oxygen atoms in total. The van der Waals surface area contributed by atoms with E-state index in [-0.39, 0.29) is 27.4 Å². The minimum atomic E-state index is -0.339. The Morgan fingerprint density at radius 2 is 1.16 bits per heavy atom. The molecule has 0 saturated carbocycles. The number of phenolic OH excluding ortho intramolecular Hbond substituents is 1. The molecule has 1 N–H and O–H groups in total. The average Bonchev–Trinajstić information content (AvgIpc) is 3.87. The fourth-order valence-corrected chi connectivity index (χ4v) is 9.61. The number of aromatic nitrogens is 3. The molecule has 10 rings (SSSR count). The second-order valence-electron chi connectivity index (χ2n) is 22.6. The number of hydrogen-bond donors (Lipinski definition) is 1. The van der Waals surface area contributed by atoms with Gasteiger partial charge in [0.1, 0.15) is 22.7 Å². The highest BCUT2D eigenvalue weighted by Crippen LogP contribution is 2.47. The maximum Gasteiger partial charge on any atom is 0.149 e. The summed E-state index contributed by atoms with van der Waals surface area (Å²) in [6.45, 7) is 26.7. The molecule has 0 aliphatic rings. The first-order valence-corrected chi connectivity index (χ1v) is 23.6. The Morgan fingerprint density at radius 1 is 0.478 bits per heavy atom. The van der Waals surface area contributed by atoms with Gasteiger partial charge < -0.3 is 9.52 Å². The van der Waals surface area contributed by atoms with Crippen LogP contribution in [0.5, 0.6) is 5.75 Å². The summed E-state index contributed by atoms with van der Waals surface area (Å²) in [5.41, 5.74) is 14.8. The lowest BCUT2D eigenvalue weighted by atomic mass is 9.79. The predicted molar refractivity (Wildman–Crippen MR) is 282 cm³/mol. The summed E-state index contributed by atoms with van der Waals surface area (Å²) in [6, 6.07) is 49.9. The van der Waals surface area contributed by atoms with E-state index in [2.05, 4.69) is 227 Å². The van der Waals surface area contributed by atoms with E-state index in [0.717, 1.165) is 94.1 Å². The van der Waals surface area contributed by atoms with Crippen molar-refractivity contribution in [2.75, 3.05) is 0 Å². The number of imidazole rings is 1. The first-order chi connectivity index (χ1) is 31.7. The van der Waals surface area contributed by atoms with Crippen LogP contribution >= 0.6 is 0 Å². The minimum absolute atomic E-state index is 0.0836. The molecule has 3 heterocycles. The molecule has 0 aliphatic carbocycles. The molecule has 0 spiro atoms. The Kier molecular flexibility index (Phi) is 10.2. The maximum atomic E-state index is 12.6. The molecule has 0 unspecified atom stereocenters. The van der Waals surface area contributed by atoms with Gasteiger partial charge in [0.25, 0.3) is 0 Å². The summed E-state index contributed by atoms with van der Waals surface area (Å²) in [5.74, 6) is 0.926. The topological polar surface area (TPSA) is 64.1 Å². The van der Waals surface area contributed by atoms with Crippen LogP contribution in [-0.2, 0) is 21.7 Å². The quantitative estimate of drug-likeness (QED) is 0.187. The largest absolute Gasteiger partial charge is 0.507 e. The molecule has 0 amide bonds. The number of aromatic hydroxyl groups is 1. The minimum Gasteiger partial charge on any atom is -0.507 e. The molecule has 10 aromatic rings. The van der Waals surface area contributed by atoms with Gasteiger partial charge in [0, 0.05) is 44.6 Å². The van der Waals surface area contributed by atoms with Gasteiger partial charge in [0.2, 0.25) is 0 Å². The van der Waals surface area contributed by atoms with Crippen molar-refractivity contribution < 1.29 is 9.52 Å². The van der Waals surface area contributed by atoms with Crippen LogP contribution in [-0.4, -0.2) is 19.6 Å². The van der Waals surface area contributed by atoms with Gasteiger partial charge in [-0.25, -0.2) is 4.98 Å². The van der Waals surface area contributed by atoms with Crippen LogP contribution in [0.3, 0.4) is 0 Å². The molecule has 0 bridgehead atoms. The van der Waals surface area contributed by atoms with Gasteiger partial charge in [-0.1, -0.05) is 168 Å². The van der Waals surface area contributed by atoms with E-state index < -0.39 is 0 Å². The molecule has 0 aliphatic heterocycles. The second-order valence-corrected chi connectivity index (χ2v) is 22.6. The van der Waals surface area contributed by atoms with Gasteiger partial charge in [0.05, 0.1) is 28.0 Å². The number of fused-ring (bicyclic) bond motifs is 6. The van der Waals surface area contributed by atoms with Gasteiger partial charge in [0.15, 0.2) is 0 Å². The normalized spacial score (nSPS) is 12.8. The van der Waals surface area contributed by atoms with E-state index in [1.54, 1.807) is 0 Å². The zero-order valence-electron chi connectivity index (χ0n) is 41.1. The lowest BCUT2D eigenvalue weighted by Crippen LogP contribution is -2.17. The highest BCUT2D eigenvalue weighted by molar-refractivity contribution is 6.18. The van der Waals surface area contributed by atoms with Crippen LogP contribution in [0.4, 0.5) is 0 Å². The van der Waals surface area contributed by atoms with Crippen LogP contribution < -0.4 is 0 Å². The Morgan fingerprint density at radius 3 is 1.88 bits per heavy atom. The zero-order valence-corrected chi connectivity index (χ0v) is 41.1. The zero-order chi connectivity index (χ0) is 47.4. The fraction of sp³-hybridized carbons (Fsp3) is 0.258. The van der Waals surface area contributed by atoms with Gasteiger partial charge in [-0.05, 0) is 109 Å². The van der Waals surface area contributed by atoms with Crippen LogP contribution in [0, 0.1) is 0 Å². The molecule has 0 fully saturated rings. The van der Waals surface area contributed by atoms with Crippen LogP contribution in [0.15, 0.2) is 150 Å². The number of nitrogens with zero attached hydrogens (tertiary/aromatic N) is 3. The highest BCUT2D eigenvalue weighted by atomic mass is 16.3. The number of para-hydroxylation sites is 1. The van der Waals surface area contributed by atoms with Crippen molar-refractivity contribution in [3.05, 3.63) is 168 Å². The molecule has 67 heavy (non-hydrogen) atoms. The molecular weight excluding hydrogens is 819 g/mol. The number of hydrogen-bond acceptors (Lipinski definition) is 4. The average molecular weight is 880 g/mol. The summed E-state index contributed by atoms with van der Waals surface area (Å²) in [5, 5.41) is 16.9. The van der Waals surface area contributed by atoms with E-state index in [1.165, 1.54) is 11.1 Å². The summed E-state index contributed by atoms with van der Waals surface area (Å²) in [7, 11) is 0. The lowest BCUT2D eigenvalue weighted by molar-refractivity contribution is 0.446. The van der Waals surface area contributed by atoms with Crippen molar-refractivity contribution in [1.29, 1.82) is 0 Å². The van der Waals surface area contributed by atoms with E-state index in [9.17, 15) is 5.11 Å². The molecule has 0 radical (unpaired) electrons. The van der Waals surface area contributed by atoms with Crippen LogP contribution in [0.1, 0.15) is 105 Å². The van der Waals surface area contributed by atoms with Crippen molar-refractivity contribution in [2.45, 2.75) is 105 Å². The lowest BCUT2D eigenvalue weighted by Gasteiger charge is -2.28. The SMILES string of the molecule is CC(C)(C)c1ccnc(-c2cc(-c3cccc4c3nc(-c3cc(C(C)(C)C)cc(C(C)(C)C)c3O)n4-c3ccc(C(C)(C)C)cc3-c3ccccc3)cc3c2oc2c4ccccc4ccc32)c1. The fourth-order valence-electron chi connectivity index (χ4n) is 9.61. The molecule has 7 aromatic carbocycles. The maximum absolute atomic E-state index is 12.6. The van der Waals surface area contributed by atoms with Crippen molar-refractivity contribution >= 4 is 43.7 Å². The molecule has 5 heteroatoms. The third-order valence-corrected chi connectivity index (χ3v) is 13.6. The monoisotopic (exact) mass is 879 g/mol. The van der Waals surface area contributed by atoms with Crippen molar-refractivity contribution in [3.8, 4) is 56.3 Å². The third-order valence-electron chi connectivity index (χ3n) is 13.6. The van der Waals surface area contributed by atoms with Gasteiger partial charge in [-0.3, -0.25) is 9.55 Å². The first-order valence-electron chi connectivity index (χ1n) is 23.6. The van der Waals surface area contributed by atoms with Crippen LogP contribution in [0.25, 0.3) is 94.3 Å². The summed E-state index contributed by atoms with van der Waals surface area (Å²) < 4.78 is 9.27. The van der Waals surface area contributed by atoms with Crippen LogP contribution in [0.2, 0.25) is 0 Å². The molecular formula is C62H61N3O2. The van der Waals surface area contributed by atoms with Gasteiger partial charge in [-0.15, -0.1) is 0 Å². The smallest absolute Gasteiger partial charge is 0.149 e. The Bertz CT molecular complexity index is 3560. The second kappa shape index (κ2) is 15.6. The first kappa shape index (κ1) is 43.9. The Hall–Kier alpha value is -6.98. The highest BCUT2D eigenvalue weighted by Gasteiger charge is 2.30.